The number of nitrogens with zero attached hydrogens (tertiary/aromatic N) is 5. The number of alkyl halides is 3. The Labute approximate surface area is 115 Å². The molecule has 7 nitrogen and oxygen atoms in total. The largest absolute Gasteiger partial charge is 0.435 e. The van der Waals surface area contributed by atoms with Crippen LogP contribution in [-0.4, -0.2) is 24.9 Å². The number of nitrogens with one attached hydrogen (secondary N) is 1. The van der Waals surface area contributed by atoms with Crippen LogP contribution < -0.4 is 5.32 Å². The Morgan fingerprint density at radius 3 is 2.90 bits per heavy atom. The Morgan fingerprint density at radius 2 is 2.14 bits per heavy atom. The molecule has 0 aromatic carbocycles. The maximum atomic E-state index is 12.8. The van der Waals surface area contributed by atoms with E-state index in [0.29, 0.717) is 11.2 Å². The van der Waals surface area contributed by atoms with Crippen LogP contribution in [0.5, 0.6) is 0 Å². The maximum Gasteiger partial charge on any atom is 0.435 e. The summed E-state index contributed by atoms with van der Waals surface area (Å²) in [5.74, 6) is 0.346. The standard InChI is InChI=1S/C11H9F3N6O/c1-20-4-6(8(19-20)11(12,13)14)2-15-9-7-3-18-21-10(7)17-5-16-9/h3-5H,2H2,1H3,(H,15,16,17). The van der Waals surface area contributed by atoms with Gasteiger partial charge < -0.3 is 9.84 Å². The molecule has 0 radical (unpaired) electrons. The summed E-state index contributed by atoms with van der Waals surface area (Å²) in [6.45, 7) is -0.0834. The summed E-state index contributed by atoms with van der Waals surface area (Å²) in [5.41, 5.74) is -0.643. The third-order valence-corrected chi connectivity index (χ3v) is 2.79. The number of halogens is 3. The van der Waals surface area contributed by atoms with Gasteiger partial charge in [-0.3, -0.25) is 4.68 Å². The second-order valence-electron chi connectivity index (χ2n) is 4.29. The van der Waals surface area contributed by atoms with E-state index < -0.39 is 11.9 Å². The lowest BCUT2D eigenvalue weighted by Crippen LogP contribution is -2.12. The Bertz CT molecular complexity index is 778. The van der Waals surface area contributed by atoms with Gasteiger partial charge in [-0.05, 0) is 0 Å². The Kier molecular flexibility index (Phi) is 3.00. The van der Waals surface area contributed by atoms with Crippen molar-refractivity contribution in [3.8, 4) is 0 Å². The van der Waals surface area contributed by atoms with Gasteiger partial charge in [-0.2, -0.15) is 23.3 Å². The summed E-state index contributed by atoms with van der Waals surface area (Å²) in [4.78, 5) is 7.80. The fourth-order valence-electron chi connectivity index (χ4n) is 1.92. The van der Waals surface area contributed by atoms with Gasteiger partial charge in [-0.15, -0.1) is 0 Å². The van der Waals surface area contributed by atoms with Crippen LogP contribution in [0.15, 0.2) is 23.2 Å². The van der Waals surface area contributed by atoms with E-state index in [0.717, 1.165) is 4.68 Å². The first kappa shape index (κ1) is 13.3. The van der Waals surface area contributed by atoms with E-state index in [1.54, 1.807) is 0 Å². The molecule has 3 heterocycles. The summed E-state index contributed by atoms with van der Waals surface area (Å²) in [7, 11) is 1.43. The molecule has 0 spiro atoms. The van der Waals surface area contributed by atoms with Gasteiger partial charge in [0, 0.05) is 25.4 Å². The zero-order valence-electron chi connectivity index (χ0n) is 10.7. The molecule has 0 saturated heterocycles. The minimum atomic E-state index is -4.50. The van der Waals surface area contributed by atoms with Crippen molar-refractivity contribution in [2.24, 2.45) is 7.05 Å². The molecule has 0 aliphatic carbocycles. The minimum Gasteiger partial charge on any atom is -0.365 e. The summed E-state index contributed by atoms with van der Waals surface area (Å²) in [6.07, 6.45) is -0.562. The summed E-state index contributed by atoms with van der Waals surface area (Å²) in [6, 6.07) is 0. The van der Waals surface area contributed by atoms with Gasteiger partial charge in [-0.1, -0.05) is 5.16 Å². The van der Waals surface area contributed by atoms with E-state index in [4.69, 9.17) is 4.52 Å². The van der Waals surface area contributed by atoms with Crippen molar-refractivity contribution in [3.05, 3.63) is 30.0 Å². The van der Waals surface area contributed by atoms with Crippen LogP contribution in [0.1, 0.15) is 11.3 Å². The van der Waals surface area contributed by atoms with Gasteiger partial charge in [-0.25, -0.2) is 4.98 Å². The highest BCUT2D eigenvalue weighted by molar-refractivity contribution is 5.84. The molecular formula is C11H9F3N6O. The Morgan fingerprint density at radius 1 is 1.33 bits per heavy atom. The van der Waals surface area contributed by atoms with Crippen LogP contribution >= 0.6 is 0 Å². The quantitative estimate of drug-likeness (QED) is 0.796. The minimum absolute atomic E-state index is 0.0215. The van der Waals surface area contributed by atoms with Crippen LogP contribution in [0, 0.1) is 0 Å². The Balaban J connectivity index is 1.87. The first-order valence-corrected chi connectivity index (χ1v) is 5.84. The lowest BCUT2D eigenvalue weighted by molar-refractivity contribution is -0.142. The molecule has 3 aromatic heterocycles. The van der Waals surface area contributed by atoms with Crippen molar-refractivity contribution in [1.82, 2.24) is 24.9 Å². The van der Waals surface area contributed by atoms with Crippen molar-refractivity contribution in [2.75, 3.05) is 5.32 Å². The number of hydrogen-bond acceptors (Lipinski definition) is 6. The van der Waals surface area contributed by atoms with Crippen LogP contribution in [0.25, 0.3) is 11.1 Å². The zero-order valence-corrected chi connectivity index (χ0v) is 10.7. The topological polar surface area (TPSA) is 81.7 Å². The van der Waals surface area contributed by atoms with Crippen molar-refractivity contribution >= 4 is 16.9 Å². The Hall–Kier alpha value is -2.65. The van der Waals surface area contributed by atoms with Gasteiger partial charge >= 0.3 is 6.18 Å². The maximum absolute atomic E-state index is 12.8. The molecule has 10 heteroatoms. The van der Waals surface area contributed by atoms with Gasteiger partial charge in [0.25, 0.3) is 5.71 Å². The molecule has 0 aliphatic heterocycles. The molecule has 1 N–H and O–H groups in total. The SMILES string of the molecule is Cn1cc(CNc2ncnc3oncc23)c(C(F)(F)F)n1. The van der Waals surface area contributed by atoms with Gasteiger partial charge in [0.05, 0.1) is 6.20 Å². The third-order valence-electron chi connectivity index (χ3n) is 2.79. The average Bonchev–Trinajstić information content (AvgIpc) is 3.01. The first-order valence-electron chi connectivity index (χ1n) is 5.84. The first-order chi connectivity index (χ1) is 9.95. The molecule has 3 aromatic rings. The average molecular weight is 298 g/mol. The summed E-state index contributed by atoms with van der Waals surface area (Å²) < 4.78 is 44.5. The van der Waals surface area contributed by atoms with Crippen molar-refractivity contribution < 1.29 is 17.7 Å². The number of hydrogen-bond donors (Lipinski definition) is 1. The fourth-order valence-corrected chi connectivity index (χ4v) is 1.92. The highest BCUT2D eigenvalue weighted by atomic mass is 19.4. The molecule has 0 unspecified atom stereocenters. The molecule has 0 bridgehead atoms. The zero-order chi connectivity index (χ0) is 15.0. The molecule has 0 aliphatic rings. The van der Waals surface area contributed by atoms with Crippen LogP contribution in [-0.2, 0) is 19.8 Å². The van der Waals surface area contributed by atoms with E-state index in [1.165, 1.54) is 25.8 Å². The van der Waals surface area contributed by atoms with Crippen LogP contribution in [0.3, 0.4) is 0 Å². The molecule has 0 saturated carbocycles. The van der Waals surface area contributed by atoms with E-state index in [2.05, 4.69) is 25.5 Å². The number of fused-ring (bicyclic) bond motifs is 1. The van der Waals surface area contributed by atoms with Crippen molar-refractivity contribution in [1.29, 1.82) is 0 Å². The summed E-state index contributed by atoms with van der Waals surface area (Å²) in [5, 5.41) is 10.3. The van der Waals surface area contributed by atoms with Crippen molar-refractivity contribution in [2.45, 2.75) is 12.7 Å². The van der Waals surface area contributed by atoms with E-state index >= 15 is 0 Å². The third kappa shape index (κ3) is 2.51. The highest BCUT2D eigenvalue weighted by Gasteiger charge is 2.36. The van der Waals surface area contributed by atoms with Crippen LogP contribution in [0.2, 0.25) is 0 Å². The molecular weight excluding hydrogens is 289 g/mol. The predicted molar refractivity (Wildman–Crippen MR) is 65.1 cm³/mol. The van der Waals surface area contributed by atoms with Gasteiger partial charge in [0.2, 0.25) is 0 Å². The van der Waals surface area contributed by atoms with Gasteiger partial charge in [0.15, 0.2) is 5.69 Å². The van der Waals surface area contributed by atoms with E-state index in [9.17, 15) is 13.2 Å². The number of rotatable bonds is 3. The molecule has 3 rings (SSSR count). The second kappa shape index (κ2) is 4.72. The highest BCUT2D eigenvalue weighted by Crippen LogP contribution is 2.31. The molecule has 0 amide bonds. The number of aromatic nitrogens is 5. The monoisotopic (exact) mass is 298 g/mol. The molecule has 0 fully saturated rings. The van der Waals surface area contributed by atoms with Crippen LogP contribution in [0.4, 0.5) is 19.0 Å². The number of aryl methyl sites for hydroxylation is 1. The fraction of sp³-hybridized carbons (Fsp3) is 0.273. The normalized spacial score (nSPS) is 12.0. The smallest absolute Gasteiger partial charge is 0.365 e. The van der Waals surface area contributed by atoms with E-state index in [1.807, 2.05) is 0 Å². The van der Waals surface area contributed by atoms with E-state index in [-0.39, 0.29) is 17.8 Å². The lowest BCUT2D eigenvalue weighted by atomic mass is 10.2. The predicted octanol–water partition coefficient (Wildman–Crippen LogP) is 1.98. The number of anilines is 1. The van der Waals surface area contributed by atoms with Gasteiger partial charge in [0.1, 0.15) is 17.5 Å². The summed E-state index contributed by atoms with van der Waals surface area (Å²) >= 11 is 0. The molecule has 110 valence electrons. The molecule has 0 atom stereocenters. The lowest BCUT2D eigenvalue weighted by Gasteiger charge is -2.07. The molecule has 21 heavy (non-hydrogen) atoms. The second-order valence-corrected chi connectivity index (χ2v) is 4.29. The van der Waals surface area contributed by atoms with Crippen molar-refractivity contribution in [3.63, 3.8) is 0 Å².